The van der Waals surface area contributed by atoms with Crippen molar-refractivity contribution in [3.05, 3.63) is 23.8 Å². The van der Waals surface area contributed by atoms with Crippen LogP contribution < -0.4 is 15.5 Å². The van der Waals surface area contributed by atoms with Gasteiger partial charge < -0.3 is 15.5 Å². The van der Waals surface area contributed by atoms with E-state index in [-0.39, 0.29) is 11.9 Å². The van der Waals surface area contributed by atoms with Crippen LogP contribution in [0.15, 0.2) is 18.2 Å². The summed E-state index contributed by atoms with van der Waals surface area (Å²) in [7, 11) is 4.00. The number of anilines is 2. The van der Waals surface area contributed by atoms with Crippen LogP contribution in [-0.2, 0) is 4.79 Å². The molecule has 21 heavy (non-hydrogen) atoms. The van der Waals surface area contributed by atoms with Crippen molar-refractivity contribution < 1.29 is 4.79 Å². The SMILES string of the molecule is CNC1C(=O)Nc2cc(N3CC(C)N(C)C(C)C3)ccc21. The monoisotopic (exact) mass is 288 g/mol. The van der Waals surface area contributed by atoms with Crippen molar-refractivity contribution in [1.29, 1.82) is 0 Å². The van der Waals surface area contributed by atoms with Crippen LogP contribution in [0.2, 0.25) is 0 Å². The van der Waals surface area contributed by atoms with Crippen molar-refractivity contribution in [2.24, 2.45) is 0 Å². The molecule has 2 N–H and O–H groups in total. The number of nitrogens with one attached hydrogen (secondary N) is 2. The van der Waals surface area contributed by atoms with E-state index in [1.165, 1.54) is 5.69 Å². The lowest BCUT2D eigenvalue weighted by molar-refractivity contribution is -0.117. The van der Waals surface area contributed by atoms with Gasteiger partial charge in [0.1, 0.15) is 6.04 Å². The van der Waals surface area contributed by atoms with E-state index in [1.807, 2.05) is 7.05 Å². The van der Waals surface area contributed by atoms with Gasteiger partial charge in [-0.15, -0.1) is 0 Å². The van der Waals surface area contributed by atoms with Crippen LogP contribution in [-0.4, -0.2) is 50.1 Å². The number of hydrogen-bond acceptors (Lipinski definition) is 4. The molecule has 2 aliphatic rings. The minimum atomic E-state index is -0.223. The number of piperazine rings is 1. The Morgan fingerprint density at radius 3 is 2.52 bits per heavy atom. The summed E-state index contributed by atoms with van der Waals surface area (Å²) in [5, 5.41) is 6.03. The molecule has 2 aliphatic heterocycles. The summed E-state index contributed by atoms with van der Waals surface area (Å²) in [5.41, 5.74) is 3.18. The molecule has 1 amide bonds. The molecule has 5 heteroatoms. The highest BCUT2D eigenvalue weighted by Gasteiger charge is 2.31. The Morgan fingerprint density at radius 2 is 1.90 bits per heavy atom. The zero-order valence-electron chi connectivity index (χ0n) is 13.2. The van der Waals surface area contributed by atoms with Crippen molar-refractivity contribution >= 4 is 17.3 Å². The number of fused-ring (bicyclic) bond motifs is 1. The third-order valence-electron chi connectivity index (χ3n) is 4.88. The molecule has 5 nitrogen and oxygen atoms in total. The first kappa shape index (κ1) is 14.4. The lowest BCUT2D eigenvalue weighted by atomic mass is 10.1. The normalized spacial score (nSPS) is 29.4. The topological polar surface area (TPSA) is 47.6 Å². The van der Waals surface area contributed by atoms with Gasteiger partial charge in [-0.1, -0.05) is 6.07 Å². The average molecular weight is 288 g/mol. The van der Waals surface area contributed by atoms with Crippen molar-refractivity contribution in [2.45, 2.75) is 32.0 Å². The number of hydrogen-bond donors (Lipinski definition) is 2. The van der Waals surface area contributed by atoms with Crippen LogP contribution in [0.25, 0.3) is 0 Å². The predicted molar refractivity (Wildman–Crippen MR) is 85.8 cm³/mol. The molecule has 114 valence electrons. The van der Waals surface area contributed by atoms with E-state index in [0.29, 0.717) is 12.1 Å². The second-order valence-electron chi connectivity index (χ2n) is 6.25. The van der Waals surface area contributed by atoms with Crippen LogP contribution in [0.1, 0.15) is 25.5 Å². The summed E-state index contributed by atoms with van der Waals surface area (Å²) in [6.07, 6.45) is 0. The van der Waals surface area contributed by atoms with E-state index in [4.69, 9.17) is 0 Å². The van der Waals surface area contributed by atoms with E-state index in [2.05, 4.69) is 59.5 Å². The minimum Gasteiger partial charge on any atom is -0.368 e. The van der Waals surface area contributed by atoms with Crippen LogP contribution in [0.3, 0.4) is 0 Å². The molecule has 1 aromatic carbocycles. The molecule has 1 saturated heterocycles. The summed E-state index contributed by atoms with van der Waals surface area (Å²) in [5.74, 6) is 0.0322. The van der Waals surface area contributed by atoms with E-state index >= 15 is 0 Å². The van der Waals surface area contributed by atoms with Gasteiger partial charge in [0, 0.05) is 42.1 Å². The molecule has 3 atom stereocenters. The number of amides is 1. The third kappa shape index (κ3) is 2.40. The van der Waals surface area contributed by atoms with Crippen LogP contribution in [0.4, 0.5) is 11.4 Å². The summed E-state index contributed by atoms with van der Waals surface area (Å²) in [6, 6.07) is 7.14. The fourth-order valence-corrected chi connectivity index (χ4v) is 3.35. The van der Waals surface area contributed by atoms with Crippen LogP contribution >= 0.6 is 0 Å². The molecule has 0 spiro atoms. The van der Waals surface area contributed by atoms with Gasteiger partial charge in [0.2, 0.25) is 5.91 Å². The highest BCUT2D eigenvalue weighted by molar-refractivity contribution is 6.03. The third-order valence-corrected chi connectivity index (χ3v) is 4.88. The van der Waals surface area contributed by atoms with Gasteiger partial charge in [0.15, 0.2) is 0 Å². The maximum Gasteiger partial charge on any atom is 0.246 e. The summed E-state index contributed by atoms with van der Waals surface area (Å²) in [4.78, 5) is 16.7. The van der Waals surface area contributed by atoms with Gasteiger partial charge >= 0.3 is 0 Å². The second-order valence-corrected chi connectivity index (χ2v) is 6.25. The number of benzene rings is 1. The highest BCUT2D eigenvalue weighted by atomic mass is 16.2. The molecule has 0 bridgehead atoms. The molecule has 1 aromatic rings. The Labute approximate surface area is 126 Å². The van der Waals surface area contributed by atoms with Crippen molar-refractivity contribution in [1.82, 2.24) is 10.2 Å². The molecule has 0 saturated carbocycles. The number of nitrogens with zero attached hydrogens (tertiary/aromatic N) is 2. The van der Waals surface area contributed by atoms with Gasteiger partial charge in [-0.25, -0.2) is 0 Å². The van der Waals surface area contributed by atoms with E-state index in [1.54, 1.807) is 0 Å². The number of rotatable bonds is 2. The molecular formula is C16H24N4O. The Bertz CT molecular complexity index is 547. The van der Waals surface area contributed by atoms with Crippen LogP contribution in [0.5, 0.6) is 0 Å². The maximum absolute atomic E-state index is 11.9. The summed E-state index contributed by atoms with van der Waals surface area (Å²) < 4.78 is 0. The molecule has 0 radical (unpaired) electrons. The maximum atomic E-state index is 11.9. The molecular weight excluding hydrogens is 264 g/mol. The molecule has 3 rings (SSSR count). The Kier molecular flexibility index (Phi) is 3.63. The Hall–Kier alpha value is -1.59. The summed E-state index contributed by atoms with van der Waals surface area (Å²) in [6.45, 7) is 6.55. The van der Waals surface area contributed by atoms with Gasteiger partial charge in [0.05, 0.1) is 0 Å². The van der Waals surface area contributed by atoms with Gasteiger partial charge in [0.25, 0.3) is 0 Å². The largest absolute Gasteiger partial charge is 0.368 e. The predicted octanol–water partition coefficient (Wildman–Crippen LogP) is 1.43. The molecule has 0 aromatic heterocycles. The van der Waals surface area contributed by atoms with Crippen molar-refractivity contribution in [3.8, 4) is 0 Å². The fourth-order valence-electron chi connectivity index (χ4n) is 3.35. The van der Waals surface area contributed by atoms with Crippen molar-refractivity contribution in [2.75, 3.05) is 37.4 Å². The van der Waals surface area contributed by atoms with Gasteiger partial charge in [-0.05, 0) is 40.1 Å². The zero-order valence-corrected chi connectivity index (χ0v) is 13.2. The first-order valence-corrected chi connectivity index (χ1v) is 7.60. The summed E-state index contributed by atoms with van der Waals surface area (Å²) >= 11 is 0. The zero-order chi connectivity index (χ0) is 15.1. The quantitative estimate of drug-likeness (QED) is 0.864. The van der Waals surface area contributed by atoms with E-state index in [0.717, 1.165) is 24.3 Å². The Balaban J connectivity index is 1.85. The highest BCUT2D eigenvalue weighted by Crippen LogP contribution is 2.34. The standard InChI is InChI=1S/C16H24N4O/c1-10-8-20(9-11(2)19(10)4)12-5-6-13-14(7-12)18-16(21)15(13)17-3/h5-7,10-11,15,17H,8-9H2,1-4H3,(H,18,21). The molecule has 0 aliphatic carbocycles. The fraction of sp³-hybridized carbons (Fsp3) is 0.562. The first-order chi connectivity index (χ1) is 10.0. The lowest BCUT2D eigenvalue weighted by Gasteiger charge is -2.43. The number of likely N-dealkylation sites (N-methyl/N-ethyl adjacent to an activating group) is 2. The van der Waals surface area contributed by atoms with Crippen LogP contribution in [0, 0.1) is 0 Å². The average Bonchev–Trinajstić information content (AvgIpc) is 2.78. The molecule has 1 fully saturated rings. The van der Waals surface area contributed by atoms with Gasteiger partial charge in [-0.2, -0.15) is 0 Å². The number of carbonyl (C=O) groups is 1. The van der Waals surface area contributed by atoms with E-state index < -0.39 is 0 Å². The molecule has 2 heterocycles. The smallest absolute Gasteiger partial charge is 0.246 e. The Morgan fingerprint density at radius 1 is 1.24 bits per heavy atom. The number of carbonyl (C=O) groups excluding carboxylic acids is 1. The van der Waals surface area contributed by atoms with Crippen molar-refractivity contribution in [3.63, 3.8) is 0 Å². The lowest BCUT2D eigenvalue weighted by Crippen LogP contribution is -2.55. The van der Waals surface area contributed by atoms with E-state index in [9.17, 15) is 4.79 Å². The second kappa shape index (κ2) is 5.31. The van der Waals surface area contributed by atoms with Gasteiger partial charge in [-0.3, -0.25) is 9.69 Å². The molecule has 3 unspecified atom stereocenters. The minimum absolute atomic E-state index is 0.0322. The first-order valence-electron chi connectivity index (χ1n) is 7.60.